The Kier molecular flexibility index (Phi) is 5.63. The summed E-state index contributed by atoms with van der Waals surface area (Å²) in [5.74, 6) is 0.314. The van der Waals surface area contributed by atoms with Crippen LogP contribution in [0.2, 0.25) is 0 Å². The largest absolute Gasteiger partial charge is 0.508 e. The standard InChI is InChI=1S/C21H21O2P/c1-2-23-24(18-13-7-4-8-14-18)21(17-11-5-3-6-12-17)19-15-9-10-16-20(19)22/h3-16,21-22H,2H2,1H3/t21-,24-/m0/s1. The molecule has 0 saturated heterocycles. The average molecular weight is 336 g/mol. The molecule has 0 unspecified atom stereocenters. The van der Waals surface area contributed by atoms with Crippen molar-refractivity contribution in [2.45, 2.75) is 12.6 Å². The highest BCUT2D eigenvalue weighted by Crippen LogP contribution is 2.56. The molecule has 0 spiro atoms. The van der Waals surface area contributed by atoms with E-state index in [0.29, 0.717) is 12.4 Å². The van der Waals surface area contributed by atoms with Gasteiger partial charge < -0.3 is 9.63 Å². The van der Waals surface area contributed by atoms with Gasteiger partial charge >= 0.3 is 0 Å². The first-order valence-electron chi connectivity index (χ1n) is 8.11. The van der Waals surface area contributed by atoms with Crippen LogP contribution in [0.1, 0.15) is 23.7 Å². The van der Waals surface area contributed by atoms with Gasteiger partial charge in [0.15, 0.2) is 0 Å². The number of hydrogen-bond donors (Lipinski definition) is 1. The van der Waals surface area contributed by atoms with Gasteiger partial charge in [-0.3, -0.25) is 0 Å². The van der Waals surface area contributed by atoms with Crippen LogP contribution in [0.15, 0.2) is 84.9 Å². The zero-order valence-corrected chi connectivity index (χ0v) is 14.6. The maximum absolute atomic E-state index is 10.5. The average Bonchev–Trinajstić information content (AvgIpc) is 2.64. The van der Waals surface area contributed by atoms with Crippen molar-refractivity contribution in [3.63, 3.8) is 0 Å². The number of aromatic hydroxyl groups is 1. The van der Waals surface area contributed by atoms with Crippen LogP contribution in [0.25, 0.3) is 0 Å². The van der Waals surface area contributed by atoms with Crippen molar-refractivity contribution in [3.05, 3.63) is 96.1 Å². The van der Waals surface area contributed by atoms with Gasteiger partial charge in [0.25, 0.3) is 0 Å². The predicted molar refractivity (Wildman–Crippen MR) is 101 cm³/mol. The van der Waals surface area contributed by atoms with Gasteiger partial charge in [0.1, 0.15) is 5.75 Å². The molecule has 3 aromatic rings. The molecule has 2 atom stereocenters. The Morgan fingerprint density at radius 3 is 2.04 bits per heavy atom. The van der Waals surface area contributed by atoms with Crippen molar-refractivity contribution in [2.24, 2.45) is 0 Å². The number of phenolic OH excluding ortho intramolecular Hbond substituents is 1. The number of phenols is 1. The van der Waals surface area contributed by atoms with E-state index >= 15 is 0 Å². The van der Waals surface area contributed by atoms with Crippen molar-refractivity contribution in [3.8, 4) is 5.75 Å². The zero-order valence-electron chi connectivity index (χ0n) is 13.7. The van der Waals surface area contributed by atoms with Crippen molar-refractivity contribution in [1.29, 1.82) is 0 Å². The first kappa shape index (κ1) is 16.7. The Hall–Kier alpha value is -2.15. The van der Waals surface area contributed by atoms with Crippen LogP contribution in [0, 0.1) is 0 Å². The number of benzene rings is 3. The van der Waals surface area contributed by atoms with Gasteiger partial charge in [0.2, 0.25) is 0 Å². The number of hydrogen-bond acceptors (Lipinski definition) is 2. The number of rotatable bonds is 6. The first-order valence-corrected chi connectivity index (χ1v) is 9.44. The molecule has 0 aromatic heterocycles. The van der Waals surface area contributed by atoms with Crippen LogP contribution in [0.5, 0.6) is 5.75 Å². The van der Waals surface area contributed by atoms with Crippen molar-refractivity contribution < 1.29 is 9.63 Å². The lowest BCUT2D eigenvalue weighted by Crippen LogP contribution is -2.11. The van der Waals surface area contributed by atoms with E-state index < -0.39 is 8.15 Å². The molecule has 0 radical (unpaired) electrons. The van der Waals surface area contributed by atoms with E-state index in [2.05, 4.69) is 24.3 Å². The van der Waals surface area contributed by atoms with Crippen molar-refractivity contribution in [2.75, 3.05) is 6.61 Å². The molecule has 0 aliphatic rings. The van der Waals surface area contributed by atoms with Gasteiger partial charge in [-0.25, -0.2) is 0 Å². The van der Waals surface area contributed by atoms with Gasteiger partial charge in [-0.15, -0.1) is 0 Å². The summed E-state index contributed by atoms with van der Waals surface area (Å²) < 4.78 is 6.21. The lowest BCUT2D eigenvalue weighted by atomic mass is 10.0. The smallest absolute Gasteiger partial charge is 0.119 e. The summed E-state index contributed by atoms with van der Waals surface area (Å²) >= 11 is 0. The molecule has 0 bridgehead atoms. The Morgan fingerprint density at radius 1 is 0.833 bits per heavy atom. The third-order valence-electron chi connectivity index (χ3n) is 3.86. The maximum Gasteiger partial charge on any atom is 0.119 e. The van der Waals surface area contributed by atoms with E-state index in [4.69, 9.17) is 4.52 Å². The minimum absolute atomic E-state index is 0.00949. The maximum atomic E-state index is 10.5. The molecule has 3 heteroatoms. The summed E-state index contributed by atoms with van der Waals surface area (Å²) in [5.41, 5.74) is 2.05. The normalized spacial score (nSPS) is 13.4. The number of para-hydroxylation sites is 1. The predicted octanol–water partition coefficient (Wildman–Crippen LogP) is 5.24. The molecule has 2 nitrogen and oxygen atoms in total. The summed E-state index contributed by atoms with van der Waals surface area (Å²) in [6.45, 7) is 2.66. The Bertz CT molecular complexity index is 759. The molecule has 122 valence electrons. The quantitative estimate of drug-likeness (QED) is 0.624. The van der Waals surface area contributed by atoms with Gasteiger partial charge in [0.05, 0.1) is 13.8 Å². The minimum Gasteiger partial charge on any atom is -0.508 e. The Morgan fingerprint density at radius 2 is 1.42 bits per heavy atom. The summed E-state index contributed by atoms with van der Waals surface area (Å²) in [7, 11) is -0.948. The fraction of sp³-hybridized carbons (Fsp3) is 0.143. The molecule has 0 fully saturated rings. The van der Waals surface area contributed by atoms with Gasteiger partial charge in [-0.1, -0.05) is 78.9 Å². The Balaban J connectivity index is 2.14. The van der Waals surface area contributed by atoms with Crippen LogP contribution < -0.4 is 5.30 Å². The van der Waals surface area contributed by atoms with E-state index in [9.17, 15) is 5.11 Å². The van der Waals surface area contributed by atoms with Crippen LogP contribution in [0.3, 0.4) is 0 Å². The molecule has 1 N–H and O–H groups in total. The fourth-order valence-electron chi connectivity index (χ4n) is 2.81. The molecule has 0 aliphatic carbocycles. The molecule has 3 rings (SSSR count). The van der Waals surface area contributed by atoms with Crippen LogP contribution >= 0.6 is 8.15 Å². The van der Waals surface area contributed by atoms with Gasteiger partial charge in [-0.05, 0) is 18.6 Å². The van der Waals surface area contributed by atoms with E-state index in [1.54, 1.807) is 6.07 Å². The molecule has 0 aliphatic heterocycles. The van der Waals surface area contributed by atoms with Gasteiger partial charge in [0, 0.05) is 17.5 Å². The Labute approximate surface area is 144 Å². The first-order chi connectivity index (χ1) is 11.8. The van der Waals surface area contributed by atoms with E-state index in [-0.39, 0.29) is 5.66 Å². The molecule has 3 aromatic carbocycles. The van der Waals surface area contributed by atoms with Crippen molar-refractivity contribution >= 4 is 13.5 Å². The fourth-order valence-corrected chi connectivity index (χ4v) is 5.06. The molecular formula is C21H21O2P. The summed E-state index contributed by atoms with van der Waals surface area (Å²) in [6.07, 6.45) is 0. The summed E-state index contributed by atoms with van der Waals surface area (Å²) in [6, 6.07) is 28.2. The molecular weight excluding hydrogens is 315 g/mol. The van der Waals surface area contributed by atoms with E-state index in [0.717, 1.165) is 11.1 Å². The second-order valence-corrected chi connectivity index (χ2v) is 7.39. The third-order valence-corrected chi connectivity index (χ3v) is 6.25. The van der Waals surface area contributed by atoms with E-state index in [1.807, 2.05) is 61.5 Å². The summed E-state index contributed by atoms with van der Waals surface area (Å²) in [4.78, 5) is 0. The lowest BCUT2D eigenvalue weighted by Gasteiger charge is -2.28. The summed E-state index contributed by atoms with van der Waals surface area (Å²) in [5, 5.41) is 11.6. The monoisotopic (exact) mass is 336 g/mol. The van der Waals surface area contributed by atoms with E-state index in [1.165, 1.54) is 5.30 Å². The highest BCUT2D eigenvalue weighted by molar-refractivity contribution is 7.61. The van der Waals surface area contributed by atoms with Gasteiger partial charge in [-0.2, -0.15) is 0 Å². The second-order valence-electron chi connectivity index (χ2n) is 5.45. The zero-order chi connectivity index (χ0) is 16.8. The molecule has 24 heavy (non-hydrogen) atoms. The topological polar surface area (TPSA) is 29.5 Å². The van der Waals surface area contributed by atoms with Crippen LogP contribution in [0.4, 0.5) is 0 Å². The SMILES string of the molecule is CCO[P@@](c1ccccc1)[C@@H](c1ccccc1)c1ccccc1O. The lowest BCUT2D eigenvalue weighted by molar-refractivity contribution is 0.378. The van der Waals surface area contributed by atoms with Crippen LogP contribution in [-0.2, 0) is 4.52 Å². The molecule has 0 heterocycles. The highest BCUT2D eigenvalue weighted by Gasteiger charge is 2.29. The molecule has 0 amide bonds. The highest BCUT2D eigenvalue weighted by atomic mass is 31.1. The molecule has 0 saturated carbocycles. The van der Waals surface area contributed by atoms with Crippen LogP contribution in [-0.4, -0.2) is 11.7 Å². The second kappa shape index (κ2) is 8.10. The van der Waals surface area contributed by atoms with Crippen molar-refractivity contribution in [1.82, 2.24) is 0 Å². The minimum atomic E-state index is -0.948. The third kappa shape index (κ3) is 3.67.